The highest BCUT2D eigenvalue weighted by molar-refractivity contribution is 5.69. The van der Waals surface area contributed by atoms with E-state index < -0.39 is 0 Å². The number of ether oxygens (including phenoxy) is 2. The molecule has 9 heteroatoms. The van der Waals surface area contributed by atoms with Crippen molar-refractivity contribution in [1.29, 1.82) is 0 Å². The van der Waals surface area contributed by atoms with Crippen molar-refractivity contribution in [2.24, 2.45) is 0 Å². The van der Waals surface area contributed by atoms with Gasteiger partial charge in [0.25, 0.3) is 0 Å². The molecule has 1 aliphatic rings. The standard InChI is InChI=1S/C31H42N6O3/c1-6-15-35-21-24(4)36(22-23(35)3)27-18-25(19-28(20-27)39-5)17-26-12-8-9-13-29(26)31-32-33-34-37(31)16-11-10-14-30(38)40-7-2/h6,8-9,12-13,18-20,23-24H,1,7,10-11,14-17,21-22H2,2-5H3/t23-,24+/m1/s1. The van der Waals surface area contributed by atoms with Crippen LogP contribution in [0.25, 0.3) is 11.4 Å². The van der Waals surface area contributed by atoms with E-state index in [9.17, 15) is 4.79 Å². The molecular weight excluding hydrogens is 504 g/mol. The van der Waals surface area contributed by atoms with Crippen molar-refractivity contribution in [3.8, 4) is 17.1 Å². The summed E-state index contributed by atoms with van der Waals surface area (Å²) in [5.74, 6) is 1.42. The van der Waals surface area contributed by atoms with Crippen molar-refractivity contribution in [2.45, 2.75) is 65.1 Å². The highest BCUT2D eigenvalue weighted by Crippen LogP contribution is 2.31. The summed E-state index contributed by atoms with van der Waals surface area (Å²) < 4.78 is 12.6. The monoisotopic (exact) mass is 546 g/mol. The molecule has 0 unspecified atom stereocenters. The molecule has 2 aromatic carbocycles. The second-order valence-corrected chi connectivity index (χ2v) is 10.5. The number of carbonyl (C=O) groups excluding carboxylic acids is 1. The van der Waals surface area contributed by atoms with Crippen LogP contribution in [0.4, 0.5) is 5.69 Å². The van der Waals surface area contributed by atoms with Crippen LogP contribution in [0.1, 0.15) is 51.2 Å². The Morgan fingerprint density at radius 1 is 1.12 bits per heavy atom. The highest BCUT2D eigenvalue weighted by Gasteiger charge is 2.29. The van der Waals surface area contributed by atoms with Crippen LogP contribution in [0.15, 0.2) is 55.1 Å². The Hall–Kier alpha value is -3.72. The fraction of sp³-hybridized carbons (Fsp3) is 0.484. The van der Waals surface area contributed by atoms with E-state index in [4.69, 9.17) is 9.47 Å². The molecule has 3 aromatic rings. The van der Waals surface area contributed by atoms with Gasteiger partial charge in [0.2, 0.25) is 0 Å². The van der Waals surface area contributed by atoms with Gasteiger partial charge in [-0.25, -0.2) is 4.68 Å². The largest absolute Gasteiger partial charge is 0.497 e. The first-order valence-corrected chi connectivity index (χ1v) is 14.2. The minimum Gasteiger partial charge on any atom is -0.497 e. The number of piperazine rings is 1. The van der Waals surface area contributed by atoms with E-state index in [1.165, 1.54) is 11.3 Å². The number of anilines is 1. The lowest BCUT2D eigenvalue weighted by molar-refractivity contribution is -0.143. The molecule has 214 valence electrons. The van der Waals surface area contributed by atoms with E-state index in [0.29, 0.717) is 31.7 Å². The lowest BCUT2D eigenvalue weighted by Gasteiger charge is -2.45. The van der Waals surface area contributed by atoms with Gasteiger partial charge >= 0.3 is 5.97 Å². The second-order valence-electron chi connectivity index (χ2n) is 10.5. The molecule has 9 nitrogen and oxygen atoms in total. The maximum atomic E-state index is 11.7. The predicted octanol–water partition coefficient (Wildman–Crippen LogP) is 4.76. The smallest absolute Gasteiger partial charge is 0.305 e. The summed E-state index contributed by atoms with van der Waals surface area (Å²) in [5, 5.41) is 12.6. The van der Waals surface area contributed by atoms with E-state index in [0.717, 1.165) is 61.6 Å². The summed E-state index contributed by atoms with van der Waals surface area (Å²) >= 11 is 0. The molecule has 1 aliphatic heterocycles. The number of nitrogens with zero attached hydrogens (tertiary/aromatic N) is 6. The Balaban J connectivity index is 1.53. The Morgan fingerprint density at radius 3 is 2.73 bits per heavy atom. The molecule has 2 atom stereocenters. The quantitative estimate of drug-likeness (QED) is 0.172. The number of aromatic nitrogens is 4. The molecule has 2 heterocycles. The zero-order valence-corrected chi connectivity index (χ0v) is 24.3. The summed E-state index contributed by atoms with van der Waals surface area (Å²) in [6.07, 6.45) is 4.62. The highest BCUT2D eigenvalue weighted by atomic mass is 16.5. The van der Waals surface area contributed by atoms with Crippen LogP contribution in [0.2, 0.25) is 0 Å². The Bertz CT molecular complexity index is 1280. The van der Waals surface area contributed by atoms with Crippen LogP contribution in [0.3, 0.4) is 0 Å². The molecular formula is C31H42N6O3. The maximum Gasteiger partial charge on any atom is 0.305 e. The minimum atomic E-state index is -0.162. The third kappa shape index (κ3) is 7.27. The van der Waals surface area contributed by atoms with Crippen molar-refractivity contribution < 1.29 is 14.3 Å². The number of aryl methyl sites for hydroxylation is 1. The summed E-state index contributed by atoms with van der Waals surface area (Å²) in [7, 11) is 1.72. The van der Waals surface area contributed by atoms with Gasteiger partial charge in [0.15, 0.2) is 5.82 Å². The van der Waals surface area contributed by atoms with Crippen molar-refractivity contribution in [2.75, 3.05) is 38.3 Å². The van der Waals surface area contributed by atoms with E-state index >= 15 is 0 Å². The van der Waals surface area contributed by atoms with Gasteiger partial charge in [-0.05, 0) is 73.7 Å². The molecule has 0 N–H and O–H groups in total. The van der Waals surface area contributed by atoms with Gasteiger partial charge in [-0.2, -0.15) is 0 Å². The number of hydrogen-bond donors (Lipinski definition) is 0. The van der Waals surface area contributed by atoms with Crippen LogP contribution < -0.4 is 9.64 Å². The number of carbonyl (C=O) groups is 1. The summed E-state index contributed by atoms with van der Waals surface area (Å²) in [6, 6.07) is 15.6. The molecule has 1 aromatic heterocycles. The SMILES string of the molecule is C=CCN1C[C@H](C)N(c2cc(Cc3ccccc3-c3nnnn3CCCCC(=O)OCC)cc(OC)c2)C[C@H]1C. The number of benzene rings is 2. The van der Waals surface area contributed by atoms with Crippen molar-refractivity contribution in [3.63, 3.8) is 0 Å². The van der Waals surface area contributed by atoms with Crippen LogP contribution >= 0.6 is 0 Å². The molecule has 0 bridgehead atoms. The van der Waals surface area contributed by atoms with Gasteiger partial charge in [0.1, 0.15) is 5.75 Å². The van der Waals surface area contributed by atoms with E-state index in [2.05, 4.69) is 82.1 Å². The zero-order chi connectivity index (χ0) is 28.5. The van der Waals surface area contributed by atoms with Gasteiger partial charge in [0, 0.05) is 62.0 Å². The fourth-order valence-corrected chi connectivity index (χ4v) is 5.43. The molecule has 40 heavy (non-hydrogen) atoms. The molecule has 4 rings (SSSR count). The van der Waals surface area contributed by atoms with Crippen molar-refractivity contribution in [3.05, 3.63) is 66.2 Å². The van der Waals surface area contributed by atoms with Gasteiger partial charge in [0.05, 0.1) is 13.7 Å². The molecule has 1 saturated heterocycles. The summed E-state index contributed by atoms with van der Waals surface area (Å²) in [5.41, 5.74) is 4.49. The molecule has 0 spiro atoms. The van der Waals surface area contributed by atoms with E-state index in [1.54, 1.807) is 7.11 Å². The van der Waals surface area contributed by atoms with Gasteiger partial charge in [-0.3, -0.25) is 9.69 Å². The van der Waals surface area contributed by atoms with Crippen LogP contribution in [-0.4, -0.2) is 76.5 Å². The second kappa shape index (κ2) is 14.1. The molecule has 0 amide bonds. The van der Waals surface area contributed by atoms with E-state index in [1.807, 2.05) is 23.7 Å². The average molecular weight is 547 g/mol. The van der Waals surface area contributed by atoms with Crippen molar-refractivity contribution in [1.82, 2.24) is 25.1 Å². The predicted molar refractivity (Wildman–Crippen MR) is 158 cm³/mol. The Kier molecular flexibility index (Phi) is 10.3. The van der Waals surface area contributed by atoms with Gasteiger partial charge < -0.3 is 14.4 Å². The first-order chi connectivity index (χ1) is 19.4. The van der Waals surface area contributed by atoms with Gasteiger partial charge in [-0.1, -0.05) is 30.3 Å². The van der Waals surface area contributed by atoms with Gasteiger partial charge in [-0.15, -0.1) is 11.7 Å². The Labute approximate surface area is 237 Å². The first-order valence-electron chi connectivity index (χ1n) is 14.2. The zero-order valence-electron chi connectivity index (χ0n) is 24.3. The number of hydrogen-bond acceptors (Lipinski definition) is 8. The number of unbranched alkanes of at least 4 members (excludes halogenated alkanes) is 1. The lowest BCUT2D eigenvalue weighted by Crippen LogP contribution is -2.56. The van der Waals surface area contributed by atoms with E-state index in [-0.39, 0.29) is 5.97 Å². The molecule has 0 saturated carbocycles. The van der Waals surface area contributed by atoms with Crippen LogP contribution in [0, 0.1) is 0 Å². The average Bonchev–Trinajstić information content (AvgIpc) is 3.41. The number of rotatable bonds is 13. The molecule has 1 fully saturated rings. The fourth-order valence-electron chi connectivity index (χ4n) is 5.43. The molecule has 0 aliphatic carbocycles. The topological polar surface area (TPSA) is 85.6 Å². The molecule has 0 radical (unpaired) electrons. The van der Waals surface area contributed by atoms with Crippen LogP contribution in [0.5, 0.6) is 5.75 Å². The van der Waals surface area contributed by atoms with Crippen molar-refractivity contribution >= 4 is 11.7 Å². The number of methoxy groups -OCH3 is 1. The normalized spacial score (nSPS) is 17.6. The first kappa shape index (κ1) is 29.3. The Morgan fingerprint density at radius 2 is 1.95 bits per heavy atom. The summed E-state index contributed by atoms with van der Waals surface area (Å²) in [6.45, 7) is 14.2. The minimum absolute atomic E-state index is 0.162. The summed E-state index contributed by atoms with van der Waals surface area (Å²) in [4.78, 5) is 16.6. The lowest BCUT2D eigenvalue weighted by atomic mass is 9.98. The number of tetrazole rings is 1. The maximum absolute atomic E-state index is 11.7. The third-order valence-electron chi connectivity index (χ3n) is 7.49. The van der Waals surface area contributed by atoms with Crippen LogP contribution in [-0.2, 0) is 22.5 Å². The third-order valence-corrected chi connectivity index (χ3v) is 7.49. The number of esters is 1.